The maximum absolute atomic E-state index is 12.3. The van der Waals surface area contributed by atoms with Gasteiger partial charge in [0.2, 0.25) is 5.91 Å². The number of nitrogens with zero attached hydrogens (tertiary/aromatic N) is 3. The SMILES string of the molecule is O=C(Cn1ccc2ccccc21)Nc1cnn(C2CCOC2)c1. The molecule has 0 aliphatic carbocycles. The number of hydrogen-bond donors (Lipinski definition) is 1. The third-order valence-electron chi connectivity index (χ3n) is 4.16. The topological polar surface area (TPSA) is 61.1 Å². The van der Waals surface area contributed by atoms with Gasteiger partial charge < -0.3 is 14.6 Å². The number of aromatic nitrogens is 3. The molecule has 1 unspecified atom stereocenters. The Labute approximate surface area is 133 Å². The Balaban J connectivity index is 1.43. The van der Waals surface area contributed by atoms with Crippen molar-refractivity contribution in [3.63, 3.8) is 0 Å². The van der Waals surface area contributed by atoms with Crippen molar-refractivity contribution in [1.82, 2.24) is 14.3 Å². The fourth-order valence-corrected chi connectivity index (χ4v) is 2.97. The van der Waals surface area contributed by atoms with Crippen molar-refractivity contribution in [3.8, 4) is 0 Å². The van der Waals surface area contributed by atoms with E-state index >= 15 is 0 Å². The summed E-state index contributed by atoms with van der Waals surface area (Å²) >= 11 is 0. The van der Waals surface area contributed by atoms with Crippen LogP contribution >= 0.6 is 0 Å². The smallest absolute Gasteiger partial charge is 0.244 e. The average Bonchev–Trinajstić information content (AvgIpc) is 3.27. The Morgan fingerprint density at radius 2 is 2.26 bits per heavy atom. The molecule has 2 aromatic heterocycles. The first kappa shape index (κ1) is 14.0. The normalized spacial score (nSPS) is 17.7. The van der Waals surface area contributed by atoms with Crippen LogP contribution in [0.25, 0.3) is 10.9 Å². The van der Waals surface area contributed by atoms with E-state index in [1.807, 2.05) is 52.0 Å². The molecule has 1 atom stereocenters. The van der Waals surface area contributed by atoms with Gasteiger partial charge in [0, 0.05) is 24.5 Å². The summed E-state index contributed by atoms with van der Waals surface area (Å²) in [5, 5.41) is 8.35. The zero-order chi connectivity index (χ0) is 15.6. The molecule has 23 heavy (non-hydrogen) atoms. The molecule has 6 nitrogen and oxygen atoms in total. The number of anilines is 1. The van der Waals surface area contributed by atoms with Crippen LogP contribution in [0.4, 0.5) is 5.69 Å². The molecule has 118 valence electrons. The van der Waals surface area contributed by atoms with Crippen molar-refractivity contribution in [2.45, 2.75) is 19.0 Å². The molecule has 3 aromatic rings. The van der Waals surface area contributed by atoms with E-state index < -0.39 is 0 Å². The summed E-state index contributed by atoms with van der Waals surface area (Å²) < 4.78 is 9.17. The number of para-hydroxylation sites is 1. The highest BCUT2D eigenvalue weighted by molar-refractivity contribution is 5.91. The Bertz CT molecular complexity index is 830. The molecule has 1 fully saturated rings. The van der Waals surface area contributed by atoms with Crippen LogP contribution in [0, 0.1) is 0 Å². The first-order valence-electron chi connectivity index (χ1n) is 7.75. The first-order valence-corrected chi connectivity index (χ1v) is 7.75. The fraction of sp³-hybridized carbons (Fsp3) is 0.294. The Hall–Kier alpha value is -2.60. The van der Waals surface area contributed by atoms with Gasteiger partial charge in [-0.05, 0) is 23.9 Å². The number of hydrogen-bond acceptors (Lipinski definition) is 3. The number of amides is 1. The van der Waals surface area contributed by atoms with Crippen LogP contribution in [-0.4, -0.2) is 33.5 Å². The average molecular weight is 310 g/mol. The van der Waals surface area contributed by atoms with E-state index in [0.29, 0.717) is 6.61 Å². The van der Waals surface area contributed by atoms with Crippen molar-refractivity contribution in [2.24, 2.45) is 0 Å². The molecule has 1 aliphatic heterocycles. The van der Waals surface area contributed by atoms with Crippen LogP contribution in [0.5, 0.6) is 0 Å². The van der Waals surface area contributed by atoms with Gasteiger partial charge in [0.05, 0.1) is 24.5 Å². The third kappa shape index (κ3) is 2.85. The molecule has 0 saturated carbocycles. The van der Waals surface area contributed by atoms with Crippen molar-refractivity contribution in [3.05, 3.63) is 48.9 Å². The maximum atomic E-state index is 12.3. The van der Waals surface area contributed by atoms with Crippen LogP contribution in [-0.2, 0) is 16.1 Å². The largest absolute Gasteiger partial charge is 0.379 e. The lowest BCUT2D eigenvalue weighted by atomic mass is 10.2. The standard InChI is InChI=1S/C17H18N4O2/c22-17(11-20-7-5-13-3-1-2-4-16(13)20)19-14-9-18-21(10-14)15-6-8-23-12-15/h1-5,7,9-10,15H,6,8,11-12H2,(H,19,22). The minimum Gasteiger partial charge on any atom is -0.379 e. The molecule has 0 spiro atoms. The number of benzene rings is 1. The van der Waals surface area contributed by atoms with E-state index in [4.69, 9.17) is 4.74 Å². The molecule has 1 saturated heterocycles. The summed E-state index contributed by atoms with van der Waals surface area (Å²) in [6.07, 6.45) is 6.45. The van der Waals surface area contributed by atoms with Gasteiger partial charge >= 0.3 is 0 Å². The first-order chi connectivity index (χ1) is 11.3. The number of ether oxygens (including phenoxy) is 1. The van der Waals surface area contributed by atoms with E-state index in [-0.39, 0.29) is 18.5 Å². The molecule has 1 aliphatic rings. The highest BCUT2D eigenvalue weighted by Crippen LogP contribution is 2.20. The van der Waals surface area contributed by atoms with Crippen LogP contribution in [0.15, 0.2) is 48.9 Å². The fourth-order valence-electron chi connectivity index (χ4n) is 2.97. The predicted molar refractivity (Wildman–Crippen MR) is 87.3 cm³/mol. The summed E-state index contributed by atoms with van der Waals surface area (Å²) in [4.78, 5) is 12.3. The molecule has 0 bridgehead atoms. The van der Waals surface area contributed by atoms with E-state index in [1.54, 1.807) is 6.20 Å². The van der Waals surface area contributed by atoms with Crippen LogP contribution < -0.4 is 5.32 Å². The number of nitrogens with one attached hydrogen (secondary N) is 1. The number of fused-ring (bicyclic) bond motifs is 1. The van der Waals surface area contributed by atoms with Crippen molar-refractivity contribution in [2.75, 3.05) is 18.5 Å². The van der Waals surface area contributed by atoms with E-state index in [9.17, 15) is 4.79 Å². The maximum Gasteiger partial charge on any atom is 0.244 e. The van der Waals surface area contributed by atoms with E-state index in [0.717, 1.165) is 29.6 Å². The van der Waals surface area contributed by atoms with E-state index in [1.165, 1.54) is 0 Å². The molecular formula is C17H18N4O2. The summed E-state index contributed by atoms with van der Waals surface area (Å²) in [5.41, 5.74) is 1.78. The second kappa shape index (κ2) is 5.89. The second-order valence-corrected chi connectivity index (χ2v) is 5.78. The lowest BCUT2D eigenvalue weighted by molar-refractivity contribution is -0.116. The molecule has 1 amide bonds. The van der Waals surface area contributed by atoms with Gasteiger partial charge in [0.15, 0.2) is 0 Å². The van der Waals surface area contributed by atoms with Crippen molar-refractivity contribution in [1.29, 1.82) is 0 Å². The number of carbonyl (C=O) groups is 1. The second-order valence-electron chi connectivity index (χ2n) is 5.78. The molecule has 3 heterocycles. The zero-order valence-corrected chi connectivity index (χ0v) is 12.7. The predicted octanol–water partition coefficient (Wildman–Crippen LogP) is 2.44. The molecule has 6 heteroatoms. The van der Waals surface area contributed by atoms with Crippen molar-refractivity contribution < 1.29 is 9.53 Å². The van der Waals surface area contributed by atoms with Crippen LogP contribution in [0.1, 0.15) is 12.5 Å². The van der Waals surface area contributed by atoms with Gasteiger partial charge in [-0.1, -0.05) is 18.2 Å². The number of rotatable bonds is 4. The Kier molecular flexibility index (Phi) is 3.59. The lowest BCUT2D eigenvalue weighted by Gasteiger charge is -2.07. The summed E-state index contributed by atoms with van der Waals surface area (Å²) in [7, 11) is 0. The zero-order valence-electron chi connectivity index (χ0n) is 12.7. The molecule has 1 aromatic carbocycles. The lowest BCUT2D eigenvalue weighted by Crippen LogP contribution is -2.18. The molecule has 1 N–H and O–H groups in total. The van der Waals surface area contributed by atoms with Crippen LogP contribution in [0.2, 0.25) is 0 Å². The monoisotopic (exact) mass is 310 g/mol. The van der Waals surface area contributed by atoms with E-state index in [2.05, 4.69) is 10.4 Å². The third-order valence-corrected chi connectivity index (χ3v) is 4.16. The minimum absolute atomic E-state index is 0.0615. The van der Waals surface area contributed by atoms with Crippen molar-refractivity contribution >= 4 is 22.5 Å². The van der Waals surface area contributed by atoms with Gasteiger partial charge in [-0.15, -0.1) is 0 Å². The summed E-state index contributed by atoms with van der Waals surface area (Å²) in [6, 6.07) is 10.3. The minimum atomic E-state index is -0.0615. The van der Waals surface area contributed by atoms with Gasteiger partial charge in [0.25, 0.3) is 0 Å². The summed E-state index contributed by atoms with van der Waals surface area (Å²) in [6.45, 7) is 1.74. The van der Waals surface area contributed by atoms with Gasteiger partial charge in [-0.3, -0.25) is 9.48 Å². The highest BCUT2D eigenvalue weighted by atomic mass is 16.5. The molecular weight excluding hydrogens is 292 g/mol. The molecule has 0 radical (unpaired) electrons. The molecule has 4 rings (SSSR count). The van der Waals surface area contributed by atoms with Gasteiger partial charge in [-0.25, -0.2) is 0 Å². The van der Waals surface area contributed by atoms with Gasteiger partial charge in [-0.2, -0.15) is 5.10 Å². The quantitative estimate of drug-likeness (QED) is 0.805. The summed E-state index contributed by atoms with van der Waals surface area (Å²) in [5.74, 6) is -0.0615. The number of carbonyl (C=O) groups excluding carboxylic acids is 1. The Morgan fingerprint density at radius 1 is 1.35 bits per heavy atom. The van der Waals surface area contributed by atoms with Crippen LogP contribution in [0.3, 0.4) is 0 Å². The van der Waals surface area contributed by atoms with Gasteiger partial charge in [0.1, 0.15) is 6.54 Å². The highest BCUT2D eigenvalue weighted by Gasteiger charge is 2.18. The Morgan fingerprint density at radius 3 is 3.13 bits per heavy atom.